The van der Waals surface area contributed by atoms with Crippen LogP contribution in [0.25, 0.3) is 0 Å². The van der Waals surface area contributed by atoms with Crippen molar-refractivity contribution in [2.24, 2.45) is 5.92 Å². The maximum atomic E-state index is 13.1. The summed E-state index contributed by atoms with van der Waals surface area (Å²) in [5, 5.41) is 15.3. The summed E-state index contributed by atoms with van der Waals surface area (Å²) in [4.78, 5) is 32.8. The highest BCUT2D eigenvalue weighted by molar-refractivity contribution is 5.98. The van der Waals surface area contributed by atoms with Gasteiger partial charge in [-0.25, -0.2) is 0 Å². The number of ether oxygens (including phenoxy) is 2. The predicted octanol–water partition coefficient (Wildman–Crippen LogP) is 2.51. The molecule has 0 bridgehead atoms. The summed E-state index contributed by atoms with van der Waals surface area (Å²) in [7, 11) is 0. The number of amides is 1. The van der Waals surface area contributed by atoms with Gasteiger partial charge in [0.2, 0.25) is 11.9 Å². The van der Waals surface area contributed by atoms with Crippen LogP contribution in [-0.4, -0.2) is 29.1 Å². The van der Waals surface area contributed by atoms with E-state index in [1.165, 1.54) is 0 Å². The van der Waals surface area contributed by atoms with E-state index in [0.717, 1.165) is 5.69 Å². The molecule has 3 heterocycles. The fraction of sp³-hybridized carbons (Fsp3) is 0.182. The van der Waals surface area contributed by atoms with E-state index in [4.69, 9.17) is 9.47 Å². The molecular weight excluding hydrogens is 398 g/mol. The molecule has 9 heteroatoms. The van der Waals surface area contributed by atoms with Crippen LogP contribution < -0.4 is 25.7 Å². The van der Waals surface area contributed by atoms with Crippen molar-refractivity contribution in [2.45, 2.75) is 5.92 Å². The Kier molecular flexibility index (Phi) is 4.52. The van der Waals surface area contributed by atoms with Gasteiger partial charge >= 0.3 is 0 Å². The summed E-state index contributed by atoms with van der Waals surface area (Å²) in [6.07, 6.45) is 0. The molecular formula is C22H17N5O4. The molecule has 31 heavy (non-hydrogen) atoms. The van der Waals surface area contributed by atoms with E-state index in [-0.39, 0.29) is 17.3 Å². The molecule has 2 unspecified atom stereocenters. The first-order valence-corrected chi connectivity index (χ1v) is 9.70. The van der Waals surface area contributed by atoms with Crippen LogP contribution in [0.3, 0.4) is 0 Å². The molecule has 1 aromatic heterocycles. The SMILES string of the molecule is N#CC1C(=O)Nc2nc(Nc3ccccc3)[nH]c(=O)c2C1c1ccc2c(c1)OCCO2. The molecule has 3 N–H and O–H groups in total. The van der Waals surface area contributed by atoms with E-state index in [1.54, 1.807) is 18.2 Å². The highest BCUT2D eigenvalue weighted by Gasteiger charge is 2.40. The van der Waals surface area contributed by atoms with E-state index in [9.17, 15) is 14.9 Å². The van der Waals surface area contributed by atoms with E-state index in [2.05, 4.69) is 20.6 Å². The number of para-hydroxylation sites is 1. The van der Waals surface area contributed by atoms with Gasteiger partial charge in [0.1, 0.15) is 24.9 Å². The molecule has 1 amide bonds. The van der Waals surface area contributed by atoms with Gasteiger partial charge in [-0.1, -0.05) is 24.3 Å². The number of hydrogen-bond acceptors (Lipinski definition) is 7. The molecule has 5 rings (SSSR count). The summed E-state index contributed by atoms with van der Waals surface area (Å²) >= 11 is 0. The fourth-order valence-electron chi connectivity index (χ4n) is 3.84. The Morgan fingerprint density at radius 1 is 1.06 bits per heavy atom. The number of H-pyrrole nitrogens is 1. The molecule has 2 atom stereocenters. The van der Waals surface area contributed by atoms with E-state index >= 15 is 0 Å². The van der Waals surface area contributed by atoms with Gasteiger partial charge in [-0.15, -0.1) is 0 Å². The van der Waals surface area contributed by atoms with E-state index in [0.29, 0.717) is 30.3 Å². The quantitative estimate of drug-likeness (QED) is 0.599. The van der Waals surface area contributed by atoms with Crippen LogP contribution in [0, 0.1) is 17.2 Å². The lowest BCUT2D eigenvalue weighted by molar-refractivity contribution is -0.119. The second kappa shape index (κ2) is 7.50. The van der Waals surface area contributed by atoms with Gasteiger partial charge in [0, 0.05) is 11.6 Å². The lowest BCUT2D eigenvalue weighted by atomic mass is 9.79. The molecule has 154 valence electrons. The van der Waals surface area contributed by atoms with Crippen LogP contribution in [0.4, 0.5) is 17.5 Å². The topological polar surface area (TPSA) is 129 Å². The van der Waals surface area contributed by atoms with Gasteiger partial charge in [-0.2, -0.15) is 10.2 Å². The summed E-state index contributed by atoms with van der Waals surface area (Å²) in [5.74, 6) is -1.00. The number of aromatic nitrogens is 2. The van der Waals surface area contributed by atoms with Crippen molar-refractivity contribution in [3.63, 3.8) is 0 Å². The summed E-state index contributed by atoms with van der Waals surface area (Å²) in [5.41, 5.74) is 1.11. The maximum Gasteiger partial charge on any atom is 0.258 e. The normalized spacial score (nSPS) is 19.0. The largest absolute Gasteiger partial charge is 0.486 e. The molecule has 0 saturated carbocycles. The minimum absolute atomic E-state index is 0.124. The first-order chi connectivity index (χ1) is 15.1. The standard InChI is InChI=1S/C22H17N5O4/c23-11-14-17(12-6-7-15-16(10-12)31-9-8-30-15)18-19(25-20(14)28)26-22(27-21(18)29)24-13-4-2-1-3-5-13/h1-7,10,14,17H,8-9H2,(H3,24,25,26,27,28,29). The van der Waals surface area contributed by atoms with Crippen LogP contribution in [0.1, 0.15) is 17.0 Å². The highest BCUT2D eigenvalue weighted by atomic mass is 16.6. The first kappa shape index (κ1) is 18.7. The number of nitrogens with zero attached hydrogens (tertiary/aromatic N) is 2. The average Bonchev–Trinajstić information content (AvgIpc) is 2.78. The second-order valence-electron chi connectivity index (χ2n) is 7.14. The van der Waals surface area contributed by atoms with Crippen molar-refractivity contribution in [1.82, 2.24) is 9.97 Å². The molecule has 2 aromatic carbocycles. The van der Waals surface area contributed by atoms with Crippen molar-refractivity contribution in [3.8, 4) is 17.6 Å². The predicted molar refractivity (Wildman–Crippen MR) is 112 cm³/mol. The smallest absolute Gasteiger partial charge is 0.258 e. The Balaban J connectivity index is 1.60. The number of benzene rings is 2. The number of nitriles is 1. The summed E-state index contributed by atoms with van der Waals surface area (Å²) in [6, 6.07) is 16.4. The number of anilines is 3. The third kappa shape index (κ3) is 3.34. The number of hydrogen-bond donors (Lipinski definition) is 3. The van der Waals surface area contributed by atoms with Gasteiger partial charge < -0.3 is 20.1 Å². The van der Waals surface area contributed by atoms with Gasteiger partial charge in [0.15, 0.2) is 11.5 Å². The number of carbonyl (C=O) groups excluding carboxylic acids is 1. The molecule has 3 aromatic rings. The monoisotopic (exact) mass is 415 g/mol. The molecule has 2 aliphatic heterocycles. The van der Waals surface area contributed by atoms with Crippen LogP contribution in [-0.2, 0) is 4.79 Å². The third-order valence-electron chi connectivity index (χ3n) is 5.22. The first-order valence-electron chi connectivity index (χ1n) is 9.70. The molecule has 0 aliphatic carbocycles. The Hall–Kier alpha value is -4.32. The molecule has 2 aliphatic rings. The van der Waals surface area contributed by atoms with Gasteiger partial charge in [0.05, 0.1) is 11.6 Å². The summed E-state index contributed by atoms with van der Waals surface area (Å²) in [6.45, 7) is 0.846. The minimum atomic E-state index is -1.09. The fourth-order valence-corrected chi connectivity index (χ4v) is 3.84. The average molecular weight is 415 g/mol. The van der Waals surface area contributed by atoms with Crippen LogP contribution in [0.15, 0.2) is 53.3 Å². The zero-order valence-corrected chi connectivity index (χ0v) is 16.2. The lowest BCUT2D eigenvalue weighted by Crippen LogP contribution is -2.38. The van der Waals surface area contributed by atoms with Crippen molar-refractivity contribution < 1.29 is 14.3 Å². The number of nitrogens with one attached hydrogen (secondary N) is 3. The molecule has 0 spiro atoms. The van der Waals surface area contributed by atoms with E-state index in [1.807, 2.05) is 36.4 Å². The Morgan fingerprint density at radius 2 is 1.84 bits per heavy atom. The Morgan fingerprint density at radius 3 is 2.61 bits per heavy atom. The highest BCUT2D eigenvalue weighted by Crippen LogP contribution is 2.41. The Labute approximate surface area is 176 Å². The number of rotatable bonds is 3. The van der Waals surface area contributed by atoms with Gasteiger partial charge in [-0.3, -0.25) is 14.6 Å². The van der Waals surface area contributed by atoms with Crippen LogP contribution in [0.2, 0.25) is 0 Å². The zero-order chi connectivity index (χ0) is 21.4. The number of fused-ring (bicyclic) bond motifs is 2. The number of aromatic amines is 1. The van der Waals surface area contributed by atoms with Gasteiger partial charge in [-0.05, 0) is 29.8 Å². The van der Waals surface area contributed by atoms with Crippen LogP contribution in [0.5, 0.6) is 11.5 Å². The third-order valence-corrected chi connectivity index (χ3v) is 5.22. The molecule has 9 nitrogen and oxygen atoms in total. The lowest BCUT2D eigenvalue weighted by Gasteiger charge is -2.29. The maximum absolute atomic E-state index is 13.1. The van der Waals surface area contributed by atoms with Crippen molar-refractivity contribution in [2.75, 3.05) is 23.8 Å². The zero-order valence-electron chi connectivity index (χ0n) is 16.2. The molecule has 0 radical (unpaired) electrons. The van der Waals surface area contributed by atoms with E-state index < -0.39 is 23.3 Å². The van der Waals surface area contributed by atoms with Crippen LogP contribution >= 0.6 is 0 Å². The Bertz CT molecular complexity index is 1270. The molecule has 0 saturated heterocycles. The van der Waals surface area contributed by atoms with Gasteiger partial charge in [0.25, 0.3) is 5.56 Å². The second-order valence-corrected chi connectivity index (χ2v) is 7.14. The van der Waals surface area contributed by atoms with Crippen molar-refractivity contribution >= 4 is 23.4 Å². The molecule has 0 fully saturated rings. The number of carbonyl (C=O) groups is 1. The van der Waals surface area contributed by atoms with Crippen molar-refractivity contribution in [1.29, 1.82) is 5.26 Å². The van der Waals surface area contributed by atoms with Crippen molar-refractivity contribution in [3.05, 3.63) is 70.0 Å². The summed E-state index contributed by atoms with van der Waals surface area (Å²) < 4.78 is 11.2. The minimum Gasteiger partial charge on any atom is -0.486 e.